The summed E-state index contributed by atoms with van der Waals surface area (Å²) in [4.78, 5) is 40.3. The molecule has 1 atom stereocenters. The molecule has 2 amide bonds. The first kappa shape index (κ1) is 26.0. The molecule has 7 nitrogen and oxygen atoms in total. The van der Waals surface area contributed by atoms with Crippen molar-refractivity contribution in [1.29, 1.82) is 0 Å². The highest BCUT2D eigenvalue weighted by molar-refractivity contribution is 8.32. The predicted octanol–water partition coefficient (Wildman–Crippen LogP) is 4.45. The summed E-state index contributed by atoms with van der Waals surface area (Å²) in [6.45, 7) is 0.359. The highest BCUT2D eigenvalue weighted by Gasteiger charge is 2.43. The van der Waals surface area contributed by atoms with Crippen molar-refractivity contribution in [2.45, 2.75) is 36.6 Å². The van der Waals surface area contributed by atoms with Crippen molar-refractivity contribution in [2.75, 3.05) is 37.7 Å². The second kappa shape index (κ2) is 10.1. The van der Waals surface area contributed by atoms with E-state index >= 15 is 0 Å². The fourth-order valence-corrected chi connectivity index (χ4v) is 6.24. The number of benzene rings is 2. The molecule has 0 radical (unpaired) electrons. The number of halogens is 1. The number of carbonyl (C=O) groups excluding carboxylic acids is 2. The topological polar surface area (TPSA) is 95.9 Å². The van der Waals surface area contributed by atoms with Crippen LogP contribution < -0.4 is 10.1 Å². The number of fused-ring (bicyclic) bond motifs is 1. The molecule has 1 saturated carbocycles. The van der Waals surface area contributed by atoms with Crippen LogP contribution in [0.15, 0.2) is 41.3 Å². The molecule has 2 aromatic rings. The van der Waals surface area contributed by atoms with Gasteiger partial charge in [-0.15, -0.1) is 0 Å². The van der Waals surface area contributed by atoms with Crippen LogP contribution in [-0.2, 0) is 20.8 Å². The van der Waals surface area contributed by atoms with Crippen molar-refractivity contribution in [3.05, 3.63) is 53.3 Å². The van der Waals surface area contributed by atoms with Gasteiger partial charge in [-0.3, -0.25) is 14.4 Å². The minimum Gasteiger partial charge on any atom is -0.497 e. The molecule has 1 aliphatic heterocycles. The summed E-state index contributed by atoms with van der Waals surface area (Å²) in [7, 11) is 0.302. The molecule has 1 unspecified atom stereocenters. The number of aliphatic carboxylic acids is 1. The monoisotopic (exact) mass is 516 g/mol. The van der Waals surface area contributed by atoms with E-state index < -0.39 is 27.9 Å². The molecule has 0 aromatic heterocycles. The van der Waals surface area contributed by atoms with Crippen LogP contribution in [0.25, 0.3) is 0 Å². The number of hydrogen-bond acceptors (Lipinski definition) is 4. The van der Waals surface area contributed by atoms with E-state index in [9.17, 15) is 18.8 Å². The number of rotatable bonds is 7. The van der Waals surface area contributed by atoms with Gasteiger partial charge in [0.05, 0.1) is 7.11 Å². The van der Waals surface area contributed by atoms with E-state index in [-0.39, 0.29) is 30.0 Å². The van der Waals surface area contributed by atoms with E-state index in [4.69, 9.17) is 9.84 Å². The molecule has 9 heteroatoms. The number of carboxylic acid groups (broad SMARTS) is 1. The van der Waals surface area contributed by atoms with Crippen molar-refractivity contribution in [2.24, 2.45) is 11.8 Å². The highest BCUT2D eigenvalue weighted by atomic mass is 32.3. The Bertz CT molecular complexity index is 1190. The van der Waals surface area contributed by atoms with Crippen LogP contribution in [0.3, 0.4) is 0 Å². The van der Waals surface area contributed by atoms with Gasteiger partial charge in [0.2, 0.25) is 5.91 Å². The largest absolute Gasteiger partial charge is 0.497 e. The van der Waals surface area contributed by atoms with Gasteiger partial charge in [0.15, 0.2) is 0 Å². The van der Waals surface area contributed by atoms with Gasteiger partial charge in [0, 0.05) is 29.5 Å². The maximum absolute atomic E-state index is 14.8. The molecule has 2 N–H and O–H groups in total. The number of hydrogen-bond donors (Lipinski definition) is 2. The van der Waals surface area contributed by atoms with Crippen LogP contribution in [0.1, 0.15) is 36.4 Å². The van der Waals surface area contributed by atoms with Gasteiger partial charge in [-0.1, -0.05) is 6.07 Å². The molecule has 1 fully saturated rings. The minimum atomic E-state index is -1.27. The van der Waals surface area contributed by atoms with Gasteiger partial charge in [0.25, 0.3) is 5.91 Å². The molecular formula is C27H33FN2O5S. The Hall–Kier alpha value is -3.07. The Balaban J connectivity index is 1.60. The number of carbonyl (C=O) groups is 3. The number of carboxylic acids is 1. The van der Waals surface area contributed by atoms with Crippen molar-refractivity contribution in [3.63, 3.8) is 0 Å². The first-order chi connectivity index (χ1) is 17.0. The molecule has 2 aliphatic rings. The number of nitrogens with one attached hydrogen (secondary N) is 1. The summed E-state index contributed by atoms with van der Waals surface area (Å²) in [6, 6.07) is 9.31. The van der Waals surface area contributed by atoms with Crippen LogP contribution in [0.4, 0.5) is 10.1 Å². The van der Waals surface area contributed by atoms with Crippen LogP contribution in [-0.4, -0.2) is 60.2 Å². The van der Waals surface area contributed by atoms with E-state index in [1.807, 2.05) is 24.8 Å². The average molecular weight is 517 g/mol. The third-order valence-corrected chi connectivity index (χ3v) is 8.67. The lowest BCUT2D eigenvalue weighted by atomic mass is 9.72. The minimum absolute atomic E-state index is 0.0171. The van der Waals surface area contributed by atoms with Crippen LogP contribution >= 0.6 is 10.0 Å². The zero-order valence-electron chi connectivity index (χ0n) is 21.0. The van der Waals surface area contributed by atoms with E-state index in [1.165, 1.54) is 6.07 Å². The molecule has 1 heterocycles. The normalized spacial score (nSPS) is 21.7. The highest BCUT2D eigenvalue weighted by Crippen LogP contribution is 2.47. The fourth-order valence-electron chi connectivity index (χ4n) is 5.12. The molecule has 4 rings (SSSR count). The van der Waals surface area contributed by atoms with E-state index in [0.717, 1.165) is 5.56 Å². The first-order valence-corrected chi connectivity index (χ1v) is 14.8. The maximum Gasteiger partial charge on any atom is 0.303 e. The summed E-state index contributed by atoms with van der Waals surface area (Å²) in [5.74, 6) is -1.42. The standard InChI is InChI=1S/C27H33FN2O5S/c1-35-20-6-7-21-17(14-20)9-10-30(27(34)18-11-16(12-18)13-24(31)32)25(21)26(33)29-19-5-8-23(22(28)15-19)36(2,3)4/h5-8,14-16,18,25H,9-13H2,1-4H3,(H,29,33)(H,31,32). The predicted molar refractivity (Wildman–Crippen MR) is 138 cm³/mol. The van der Waals surface area contributed by atoms with Gasteiger partial charge in [-0.25, -0.2) is 14.4 Å². The number of methoxy groups -OCH3 is 1. The fraction of sp³-hybridized carbons (Fsp3) is 0.444. The molecule has 0 saturated heterocycles. The summed E-state index contributed by atoms with van der Waals surface area (Å²) in [5, 5.41) is 11.8. The SMILES string of the molecule is COc1ccc2c(c1)CCN(C(=O)C1CC(CC(=O)O)C1)C2C(=O)Nc1ccc(S(C)(C)C)c(F)c1. The lowest BCUT2D eigenvalue weighted by molar-refractivity contribution is -0.149. The molecule has 2 aromatic carbocycles. The molecule has 1 aliphatic carbocycles. The van der Waals surface area contributed by atoms with Gasteiger partial charge in [-0.05, 0) is 85.4 Å². The smallest absolute Gasteiger partial charge is 0.303 e. The Kier molecular flexibility index (Phi) is 7.31. The third-order valence-electron chi connectivity index (χ3n) is 7.02. The van der Waals surface area contributed by atoms with E-state index in [0.29, 0.717) is 47.7 Å². The molecule has 0 spiro atoms. The van der Waals surface area contributed by atoms with Gasteiger partial charge in [0.1, 0.15) is 17.6 Å². The second-order valence-electron chi connectivity index (χ2n) is 10.4. The van der Waals surface area contributed by atoms with E-state index in [1.54, 1.807) is 36.3 Å². The Morgan fingerprint density at radius 1 is 1.14 bits per heavy atom. The Morgan fingerprint density at radius 3 is 2.47 bits per heavy atom. The van der Waals surface area contributed by atoms with Crippen molar-refractivity contribution in [3.8, 4) is 5.75 Å². The third kappa shape index (κ3) is 5.36. The number of anilines is 1. The van der Waals surface area contributed by atoms with Gasteiger partial charge >= 0.3 is 5.97 Å². The van der Waals surface area contributed by atoms with Crippen LogP contribution in [0.2, 0.25) is 0 Å². The number of nitrogens with zero attached hydrogens (tertiary/aromatic N) is 1. The van der Waals surface area contributed by atoms with Crippen LogP contribution in [0.5, 0.6) is 5.75 Å². The molecule has 36 heavy (non-hydrogen) atoms. The summed E-state index contributed by atoms with van der Waals surface area (Å²) in [5.41, 5.74) is 1.97. The lowest BCUT2D eigenvalue weighted by Gasteiger charge is -2.42. The summed E-state index contributed by atoms with van der Waals surface area (Å²) >= 11 is 0. The lowest BCUT2D eigenvalue weighted by Crippen LogP contribution is -2.50. The zero-order valence-corrected chi connectivity index (χ0v) is 21.9. The number of ether oxygens (including phenoxy) is 1. The van der Waals surface area contributed by atoms with Crippen molar-refractivity contribution in [1.82, 2.24) is 4.90 Å². The van der Waals surface area contributed by atoms with Crippen molar-refractivity contribution < 1.29 is 28.6 Å². The second-order valence-corrected chi connectivity index (χ2v) is 14.5. The Labute approximate surface area is 212 Å². The van der Waals surface area contributed by atoms with E-state index in [2.05, 4.69) is 5.32 Å². The van der Waals surface area contributed by atoms with Gasteiger partial charge in [-0.2, -0.15) is 0 Å². The quantitative estimate of drug-likeness (QED) is 0.567. The summed E-state index contributed by atoms with van der Waals surface area (Å²) in [6.07, 6.45) is 7.64. The number of amides is 2. The maximum atomic E-state index is 14.8. The molecule has 0 bridgehead atoms. The first-order valence-electron chi connectivity index (χ1n) is 12.0. The van der Waals surface area contributed by atoms with Crippen molar-refractivity contribution >= 4 is 33.5 Å². The van der Waals surface area contributed by atoms with Gasteiger partial charge < -0.3 is 20.1 Å². The zero-order chi connectivity index (χ0) is 26.2. The Morgan fingerprint density at radius 2 is 1.86 bits per heavy atom. The van der Waals surface area contributed by atoms with Crippen LogP contribution in [0, 0.1) is 17.7 Å². The molecule has 194 valence electrons. The summed E-state index contributed by atoms with van der Waals surface area (Å²) < 4.78 is 20.1. The average Bonchev–Trinajstić information content (AvgIpc) is 2.78. The molecular weight excluding hydrogens is 483 g/mol.